The Balaban J connectivity index is 1.86. The van der Waals surface area contributed by atoms with Crippen molar-refractivity contribution < 1.29 is 36.2 Å². The molecule has 0 saturated carbocycles. The second kappa shape index (κ2) is 10.3. The van der Waals surface area contributed by atoms with Crippen molar-refractivity contribution in [1.82, 2.24) is 19.7 Å². The first-order valence-corrected chi connectivity index (χ1v) is 10.5. The average Bonchev–Trinajstić information content (AvgIpc) is 3.08. The molecule has 0 aliphatic rings. The Labute approximate surface area is 204 Å². The molecule has 0 bridgehead atoms. The number of amides is 1. The SMILES string of the molecule is [CH2]C(NC(=O)Cn1nc(-c2ccc(Cl)cc2)n(C[C@H](O)C(F)(F)F)c1=O)c1cccc(C(F)(F)F)c1. The van der Waals surface area contributed by atoms with E-state index >= 15 is 0 Å². The molecule has 0 aliphatic heterocycles. The third kappa shape index (κ3) is 6.46. The lowest BCUT2D eigenvalue weighted by atomic mass is 10.0. The Kier molecular flexibility index (Phi) is 7.84. The van der Waals surface area contributed by atoms with E-state index < -0.39 is 54.7 Å². The van der Waals surface area contributed by atoms with Crippen molar-refractivity contribution in [2.45, 2.75) is 37.6 Å². The molecule has 3 rings (SSSR count). The molecule has 2 N–H and O–H groups in total. The van der Waals surface area contributed by atoms with Gasteiger partial charge in [-0.05, 0) is 48.9 Å². The molecule has 2 atom stereocenters. The van der Waals surface area contributed by atoms with Crippen LogP contribution in [0.1, 0.15) is 17.2 Å². The van der Waals surface area contributed by atoms with Crippen molar-refractivity contribution in [3.8, 4) is 11.4 Å². The Morgan fingerprint density at radius 1 is 1.11 bits per heavy atom. The molecule has 0 saturated heterocycles. The van der Waals surface area contributed by atoms with Gasteiger partial charge < -0.3 is 10.4 Å². The largest absolute Gasteiger partial charge is 0.416 e. The zero-order chi connectivity index (χ0) is 26.8. The van der Waals surface area contributed by atoms with Gasteiger partial charge in [-0.3, -0.25) is 9.36 Å². The molecule has 1 amide bonds. The summed E-state index contributed by atoms with van der Waals surface area (Å²) in [6, 6.07) is 8.52. The van der Waals surface area contributed by atoms with Gasteiger partial charge in [0.05, 0.1) is 18.2 Å². The first-order valence-electron chi connectivity index (χ1n) is 10.1. The lowest BCUT2D eigenvalue weighted by Crippen LogP contribution is -2.38. The summed E-state index contributed by atoms with van der Waals surface area (Å²) in [5.41, 5.74) is -1.86. The molecule has 36 heavy (non-hydrogen) atoms. The lowest BCUT2D eigenvalue weighted by Gasteiger charge is -2.16. The molecule has 14 heteroatoms. The van der Waals surface area contributed by atoms with Crippen LogP contribution in [0.4, 0.5) is 26.3 Å². The monoisotopic (exact) mass is 535 g/mol. The summed E-state index contributed by atoms with van der Waals surface area (Å²) in [6.07, 6.45) is -12.5. The number of carbonyl (C=O) groups is 1. The van der Waals surface area contributed by atoms with Gasteiger partial charge in [-0.15, -0.1) is 5.10 Å². The fraction of sp³-hybridized carbons (Fsp3) is 0.273. The Morgan fingerprint density at radius 2 is 1.75 bits per heavy atom. The number of alkyl halides is 6. The summed E-state index contributed by atoms with van der Waals surface area (Å²) in [4.78, 5) is 25.3. The lowest BCUT2D eigenvalue weighted by molar-refractivity contribution is -0.207. The van der Waals surface area contributed by atoms with E-state index in [0.717, 1.165) is 18.2 Å². The predicted octanol–water partition coefficient (Wildman–Crippen LogP) is 4.00. The summed E-state index contributed by atoms with van der Waals surface area (Å²) in [6.45, 7) is 1.63. The molecule has 3 aromatic rings. The summed E-state index contributed by atoms with van der Waals surface area (Å²) < 4.78 is 78.7. The van der Waals surface area contributed by atoms with Gasteiger partial charge in [-0.1, -0.05) is 23.7 Å². The highest BCUT2D eigenvalue weighted by molar-refractivity contribution is 6.30. The molecule has 1 aromatic heterocycles. The van der Waals surface area contributed by atoms with Gasteiger partial charge in [0, 0.05) is 10.6 Å². The number of aliphatic hydroxyl groups is 1. The van der Waals surface area contributed by atoms with E-state index in [1.807, 2.05) is 0 Å². The molecule has 1 unspecified atom stereocenters. The number of rotatable bonds is 7. The number of aromatic nitrogens is 3. The zero-order valence-electron chi connectivity index (χ0n) is 18.1. The molecular formula is C22H18ClF6N4O3. The van der Waals surface area contributed by atoms with Gasteiger partial charge in [-0.25, -0.2) is 9.48 Å². The molecule has 7 nitrogen and oxygen atoms in total. The second-order valence-electron chi connectivity index (χ2n) is 7.68. The number of aliphatic hydroxyl groups excluding tert-OH is 1. The van der Waals surface area contributed by atoms with Gasteiger partial charge in [0.2, 0.25) is 5.91 Å². The highest BCUT2D eigenvalue weighted by atomic mass is 35.5. The number of halogens is 7. The van der Waals surface area contributed by atoms with Crippen LogP contribution in [0.25, 0.3) is 11.4 Å². The van der Waals surface area contributed by atoms with E-state index in [1.165, 1.54) is 30.3 Å². The summed E-state index contributed by atoms with van der Waals surface area (Å²) in [5, 5.41) is 16.0. The van der Waals surface area contributed by atoms with Crippen LogP contribution in [-0.4, -0.2) is 37.6 Å². The number of hydrogen-bond acceptors (Lipinski definition) is 4. The molecule has 1 radical (unpaired) electrons. The Bertz CT molecular complexity index is 1280. The van der Waals surface area contributed by atoms with Crippen molar-refractivity contribution in [1.29, 1.82) is 0 Å². The number of hydrogen-bond donors (Lipinski definition) is 2. The molecule has 193 valence electrons. The maximum Gasteiger partial charge on any atom is 0.416 e. The Morgan fingerprint density at radius 3 is 2.33 bits per heavy atom. The predicted molar refractivity (Wildman–Crippen MR) is 117 cm³/mol. The van der Waals surface area contributed by atoms with Gasteiger partial charge in [0.15, 0.2) is 11.9 Å². The highest BCUT2D eigenvalue weighted by Crippen LogP contribution is 2.30. The molecule has 2 aromatic carbocycles. The minimum absolute atomic E-state index is 0.0335. The van der Waals surface area contributed by atoms with Crippen LogP contribution >= 0.6 is 11.6 Å². The van der Waals surface area contributed by atoms with Crippen molar-refractivity contribution >= 4 is 17.5 Å². The number of nitrogens with one attached hydrogen (secondary N) is 1. The van der Waals surface area contributed by atoms with Crippen molar-refractivity contribution in [3.63, 3.8) is 0 Å². The van der Waals surface area contributed by atoms with Crippen LogP contribution in [0.5, 0.6) is 0 Å². The summed E-state index contributed by atoms with van der Waals surface area (Å²) in [7, 11) is 0. The number of nitrogens with zero attached hydrogens (tertiary/aromatic N) is 3. The van der Waals surface area contributed by atoms with E-state index in [0.29, 0.717) is 14.3 Å². The standard InChI is InChI=1S/C22H18ClF6N4O3/c1-12(14-3-2-4-15(9-14)21(24,25)26)30-18(35)11-33-20(36)32(10-17(34)22(27,28)29)19(31-33)13-5-7-16(23)8-6-13/h2-9,12,17,34H,1,10-11H2,(H,30,35)/t12?,17-/m0/s1. The summed E-state index contributed by atoms with van der Waals surface area (Å²) >= 11 is 5.82. The molecule has 0 spiro atoms. The van der Waals surface area contributed by atoms with Crippen LogP contribution in [0.3, 0.4) is 0 Å². The third-order valence-corrected chi connectivity index (χ3v) is 5.26. The maximum atomic E-state index is 12.9. The number of benzene rings is 2. The smallest absolute Gasteiger partial charge is 0.382 e. The van der Waals surface area contributed by atoms with Crippen LogP contribution in [0.15, 0.2) is 53.3 Å². The molecule has 1 heterocycles. The van der Waals surface area contributed by atoms with E-state index in [1.54, 1.807) is 0 Å². The zero-order valence-corrected chi connectivity index (χ0v) is 18.9. The Hall–Kier alpha value is -3.32. The maximum absolute atomic E-state index is 12.9. The summed E-state index contributed by atoms with van der Waals surface area (Å²) in [5.74, 6) is -1.16. The van der Waals surface area contributed by atoms with Crippen LogP contribution in [-0.2, 0) is 24.1 Å². The molecular weight excluding hydrogens is 518 g/mol. The van der Waals surface area contributed by atoms with E-state index in [2.05, 4.69) is 17.3 Å². The quantitative estimate of drug-likeness (QED) is 0.448. The van der Waals surface area contributed by atoms with Crippen LogP contribution < -0.4 is 11.0 Å². The molecule has 0 aliphatic carbocycles. The van der Waals surface area contributed by atoms with E-state index in [4.69, 9.17) is 11.6 Å². The topological polar surface area (TPSA) is 89.2 Å². The minimum atomic E-state index is -5.03. The normalized spacial score (nSPS) is 13.9. The van der Waals surface area contributed by atoms with Gasteiger partial charge in [-0.2, -0.15) is 26.3 Å². The van der Waals surface area contributed by atoms with Gasteiger partial charge >= 0.3 is 18.0 Å². The fourth-order valence-corrected chi connectivity index (χ4v) is 3.31. The highest BCUT2D eigenvalue weighted by Gasteiger charge is 2.39. The van der Waals surface area contributed by atoms with Gasteiger partial charge in [0.1, 0.15) is 6.54 Å². The number of carbonyl (C=O) groups excluding carboxylic acids is 1. The van der Waals surface area contributed by atoms with Gasteiger partial charge in [0.25, 0.3) is 0 Å². The first kappa shape index (κ1) is 27.3. The van der Waals surface area contributed by atoms with E-state index in [-0.39, 0.29) is 17.0 Å². The van der Waals surface area contributed by atoms with Crippen molar-refractivity contribution in [2.24, 2.45) is 0 Å². The second-order valence-corrected chi connectivity index (χ2v) is 8.12. The molecule has 0 fully saturated rings. The van der Waals surface area contributed by atoms with Crippen LogP contribution in [0.2, 0.25) is 5.02 Å². The minimum Gasteiger partial charge on any atom is -0.382 e. The van der Waals surface area contributed by atoms with E-state index in [9.17, 15) is 41.0 Å². The average molecular weight is 536 g/mol. The fourth-order valence-electron chi connectivity index (χ4n) is 3.19. The first-order chi connectivity index (χ1) is 16.7. The van der Waals surface area contributed by atoms with Crippen molar-refractivity contribution in [3.05, 3.63) is 82.1 Å². The van der Waals surface area contributed by atoms with Crippen LogP contribution in [0, 0.1) is 6.92 Å². The van der Waals surface area contributed by atoms with Crippen molar-refractivity contribution in [2.75, 3.05) is 0 Å². The third-order valence-electron chi connectivity index (χ3n) is 5.00.